The van der Waals surface area contributed by atoms with Crippen LogP contribution in [0, 0.1) is 0 Å². The molecule has 0 aliphatic heterocycles. The van der Waals surface area contributed by atoms with Crippen molar-refractivity contribution in [1.82, 2.24) is 4.98 Å². The van der Waals surface area contributed by atoms with E-state index in [2.05, 4.69) is 4.98 Å². The van der Waals surface area contributed by atoms with Crippen molar-refractivity contribution >= 4 is 16.9 Å². The Balaban J connectivity index is 2.77. The summed E-state index contributed by atoms with van der Waals surface area (Å²) in [4.78, 5) is 13.4. The topological polar surface area (TPSA) is 73.3 Å². The van der Waals surface area contributed by atoms with Crippen molar-refractivity contribution < 1.29 is 15.0 Å². The summed E-state index contributed by atoms with van der Waals surface area (Å²) in [6, 6.07) is 4.41. The van der Waals surface area contributed by atoms with Crippen molar-refractivity contribution in [2.45, 2.75) is 0 Å². The maximum absolute atomic E-state index is 10.6. The van der Waals surface area contributed by atoms with Gasteiger partial charge in [0.1, 0.15) is 5.75 Å². The SMILES string of the molecule is O=C(O)c1cc(O)c2cc[nH]c2c1. The minimum atomic E-state index is -1.05. The molecule has 0 fully saturated rings. The number of nitrogens with one attached hydrogen (secondary N) is 1. The van der Waals surface area contributed by atoms with Crippen LogP contribution in [0.1, 0.15) is 10.4 Å². The van der Waals surface area contributed by atoms with Crippen molar-refractivity contribution in [3.8, 4) is 5.75 Å². The van der Waals surface area contributed by atoms with E-state index in [9.17, 15) is 9.90 Å². The number of hydrogen-bond acceptors (Lipinski definition) is 2. The molecule has 0 amide bonds. The fourth-order valence-electron chi connectivity index (χ4n) is 1.27. The van der Waals surface area contributed by atoms with Crippen LogP contribution in [0.15, 0.2) is 24.4 Å². The van der Waals surface area contributed by atoms with Gasteiger partial charge in [0.2, 0.25) is 0 Å². The molecule has 4 nitrogen and oxygen atoms in total. The summed E-state index contributed by atoms with van der Waals surface area (Å²) in [7, 11) is 0. The summed E-state index contributed by atoms with van der Waals surface area (Å²) in [5.41, 5.74) is 0.699. The third kappa shape index (κ3) is 1.12. The van der Waals surface area contributed by atoms with Crippen LogP contribution in [0.3, 0.4) is 0 Å². The zero-order valence-corrected chi connectivity index (χ0v) is 6.61. The summed E-state index contributed by atoms with van der Waals surface area (Å²) in [6.07, 6.45) is 1.65. The van der Waals surface area contributed by atoms with Crippen LogP contribution in [0.25, 0.3) is 10.9 Å². The van der Waals surface area contributed by atoms with Gasteiger partial charge in [0, 0.05) is 17.1 Å². The second-order valence-corrected chi connectivity index (χ2v) is 2.74. The number of aromatic carboxylic acids is 1. The first-order valence-electron chi connectivity index (χ1n) is 3.72. The molecule has 1 aromatic heterocycles. The van der Waals surface area contributed by atoms with Crippen LogP contribution in [0.5, 0.6) is 5.75 Å². The number of phenolic OH excluding ortho intramolecular Hbond substituents is 1. The predicted octanol–water partition coefficient (Wildman–Crippen LogP) is 1.57. The van der Waals surface area contributed by atoms with Crippen molar-refractivity contribution in [3.63, 3.8) is 0 Å². The highest BCUT2D eigenvalue weighted by Crippen LogP contribution is 2.25. The summed E-state index contributed by atoms with van der Waals surface area (Å²) >= 11 is 0. The van der Waals surface area contributed by atoms with E-state index in [-0.39, 0.29) is 11.3 Å². The van der Waals surface area contributed by atoms with E-state index in [1.54, 1.807) is 12.3 Å². The fourth-order valence-corrected chi connectivity index (χ4v) is 1.27. The number of aromatic hydroxyl groups is 1. The zero-order chi connectivity index (χ0) is 9.42. The largest absolute Gasteiger partial charge is 0.507 e. The molecule has 1 heterocycles. The minimum absolute atomic E-state index is 0.0175. The molecule has 1 aromatic carbocycles. The van der Waals surface area contributed by atoms with E-state index in [4.69, 9.17) is 5.11 Å². The number of hydrogen-bond donors (Lipinski definition) is 3. The maximum atomic E-state index is 10.6. The second kappa shape index (κ2) is 2.52. The van der Waals surface area contributed by atoms with Gasteiger partial charge in [-0.2, -0.15) is 0 Å². The predicted molar refractivity (Wildman–Crippen MR) is 46.9 cm³/mol. The van der Waals surface area contributed by atoms with Gasteiger partial charge in [-0.25, -0.2) is 4.79 Å². The van der Waals surface area contributed by atoms with Crippen LogP contribution < -0.4 is 0 Å². The number of carbonyl (C=O) groups is 1. The lowest BCUT2D eigenvalue weighted by Gasteiger charge is -1.97. The molecule has 0 aliphatic carbocycles. The van der Waals surface area contributed by atoms with E-state index >= 15 is 0 Å². The molecule has 0 aliphatic rings. The molecule has 0 radical (unpaired) electrons. The number of rotatable bonds is 1. The molecule has 0 saturated carbocycles. The van der Waals surface area contributed by atoms with Gasteiger partial charge in [0.05, 0.1) is 5.56 Å². The third-order valence-electron chi connectivity index (χ3n) is 1.89. The second-order valence-electron chi connectivity index (χ2n) is 2.74. The van der Waals surface area contributed by atoms with Crippen LogP contribution in [-0.2, 0) is 0 Å². The summed E-state index contributed by atoms with van der Waals surface area (Å²) in [5, 5.41) is 18.7. The molecule has 66 valence electrons. The smallest absolute Gasteiger partial charge is 0.335 e. The monoisotopic (exact) mass is 177 g/mol. The average molecular weight is 177 g/mol. The van der Waals surface area contributed by atoms with Crippen LogP contribution in [0.4, 0.5) is 0 Å². The number of phenols is 1. The molecule has 0 atom stereocenters. The molecule has 0 saturated heterocycles. The molecule has 13 heavy (non-hydrogen) atoms. The van der Waals surface area contributed by atoms with E-state index in [0.29, 0.717) is 10.9 Å². The van der Waals surface area contributed by atoms with Crippen LogP contribution >= 0.6 is 0 Å². The number of benzene rings is 1. The number of fused-ring (bicyclic) bond motifs is 1. The van der Waals surface area contributed by atoms with Gasteiger partial charge in [-0.3, -0.25) is 0 Å². The number of aromatic amines is 1. The highest BCUT2D eigenvalue weighted by molar-refractivity contribution is 5.96. The van der Waals surface area contributed by atoms with E-state index in [1.807, 2.05) is 0 Å². The molecule has 2 aromatic rings. The molecule has 0 spiro atoms. The highest BCUT2D eigenvalue weighted by Gasteiger charge is 2.08. The normalized spacial score (nSPS) is 10.5. The van der Waals surface area contributed by atoms with Gasteiger partial charge in [-0.1, -0.05) is 0 Å². The van der Waals surface area contributed by atoms with E-state index in [0.717, 1.165) is 0 Å². The molecule has 4 heteroatoms. The van der Waals surface area contributed by atoms with Gasteiger partial charge in [0.25, 0.3) is 0 Å². The average Bonchev–Trinajstić information content (AvgIpc) is 2.51. The van der Waals surface area contributed by atoms with Crippen molar-refractivity contribution in [2.24, 2.45) is 0 Å². The van der Waals surface area contributed by atoms with Gasteiger partial charge in [-0.05, 0) is 18.2 Å². The minimum Gasteiger partial charge on any atom is -0.507 e. The molecule has 0 bridgehead atoms. The molecule has 2 rings (SSSR count). The molecular formula is C9H7NO3. The van der Waals surface area contributed by atoms with E-state index in [1.165, 1.54) is 12.1 Å². The summed E-state index contributed by atoms with van der Waals surface area (Å²) < 4.78 is 0. The highest BCUT2D eigenvalue weighted by atomic mass is 16.4. The molecule has 3 N–H and O–H groups in total. The standard InChI is InChI=1S/C9H7NO3/c11-8-4-5(9(12)13)3-7-6(8)1-2-10-7/h1-4,10-11H,(H,12,13). The number of aromatic nitrogens is 1. The van der Waals surface area contributed by atoms with Crippen molar-refractivity contribution in [3.05, 3.63) is 30.0 Å². The number of carboxylic acid groups (broad SMARTS) is 1. The number of H-pyrrole nitrogens is 1. The Hall–Kier alpha value is -1.97. The Morgan fingerprint density at radius 1 is 1.38 bits per heavy atom. The van der Waals surface area contributed by atoms with Gasteiger partial charge >= 0.3 is 5.97 Å². The summed E-state index contributed by atoms with van der Waals surface area (Å²) in [6.45, 7) is 0. The quantitative estimate of drug-likeness (QED) is 0.619. The van der Waals surface area contributed by atoms with Gasteiger partial charge in [-0.15, -0.1) is 0 Å². The Morgan fingerprint density at radius 3 is 2.85 bits per heavy atom. The Morgan fingerprint density at radius 2 is 2.15 bits per heavy atom. The van der Waals surface area contributed by atoms with Crippen LogP contribution in [-0.4, -0.2) is 21.2 Å². The lowest BCUT2D eigenvalue weighted by Crippen LogP contribution is -1.95. The Labute approximate surface area is 73.4 Å². The van der Waals surface area contributed by atoms with Crippen molar-refractivity contribution in [1.29, 1.82) is 0 Å². The first kappa shape index (κ1) is 7.67. The van der Waals surface area contributed by atoms with E-state index < -0.39 is 5.97 Å². The maximum Gasteiger partial charge on any atom is 0.335 e. The molecule has 0 unspecified atom stereocenters. The first-order chi connectivity index (χ1) is 6.18. The fraction of sp³-hybridized carbons (Fsp3) is 0. The summed E-state index contributed by atoms with van der Waals surface area (Å²) in [5.74, 6) is -1.07. The first-order valence-corrected chi connectivity index (χ1v) is 3.72. The number of carboxylic acids is 1. The third-order valence-corrected chi connectivity index (χ3v) is 1.89. The van der Waals surface area contributed by atoms with Gasteiger partial charge in [0.15, 0.2) is 0 Å². The lowest BCUT2D eigenvalue weighted by molar-refractivity contribution is 0.0696. The molecular weight excluding hydrogens is 170 g/mol. The van der Waals surface area contributed by atoms with Gasteiger partial charge < -0.3 is 15.2 Å². The Kier molecular flexibility index (Phi) is 1.48. The Bertz CT molecular complexity index is 473. The van der Waals surface area contributed by atoms with Crippen LogP contribution in [0.2, 0.25) is 0 Å². The lowest BCUT2D eigenvalue weighted by atomic mass is 10.1. The zero-order valence-electron chi connectivity index (χ0n) is 6.61. The van der Waals surface area contributed by atoms with Crippen molar-refractivity contribution in [2.75, 3.05) is 0 Å².